The van der Waals surface area contributed by atoms with Gasteiger partial charge in [0.05, 0.1) is 0 Å². The lowest BCUT2D eigenvalue weighted by molar-refractivity contribution is 0.677. The van der Waals surface area contributed by atoms with Gasteiger partial charge in [-0.1, -0.05) is 11.6 Å². The molecule has 0 heterocycles. The number of hydrogen-bond acceptors (Lipinski definition) is 2. The maximum atomic E-state index is 5.78. The molecule has 0 bridgehead atoms. The molecule has 0 saturated heterocycles. The largest absolute Gasteiger partial charge is 0.316 e. The van der Waals surface area contributed by atoms with Crippen LogP contribution in [0.4, 0.5) is 0 Å². The Morgan fingerprint density at radius 2 is 2.00 bits per heavy atom. The Morgan fingerprint density at radius 1 is 1.38 bits per heavy atom. The molecule has 1 atom stereocenters. The van der Waals surface area contributed by atoms with Gasteiger partial charge in [-0.2, -0.15) is 0 Å². The molecule has 0 aliphatic carbocycles. The molecule has 0 fully saturated rings. The summed E-state index contributed by atoms with van der Waals surface area (Å²) in [5.74, 6) is 1.08. The first-order valence-corrected chi connectivity index (χ1v) is 5.64. The van der Waals surface area contributed by atoms with Crippen molar-refractivity contribution in [2.45, 2.75) is 17.9 Å². The van der Waals surface area contributed by atoms with Gasteiger partial charge in [0.1, 0.15) is 0 Å². The van der Waals surface area contributed by atoms with Crippen LogP contribution in [0.1, 0.15) is 6.92 Å². The van der Waals surface area contributed by atoms with Crippen LogP contribution in [0.25, 0.3) is 0 Å². The maximum absolute atomic E-state index is 5.78. The molecule has 0 aliphatic heterocycles. The van der Waals surface area contributed by atoms with E-state index in [1.165, 1.54) is 4.90 Å². The van der Waals surface area contributed by atoms with E-state index in [9.17, 15) is 0 Å². The summed E-state index contributed by atoms with van der Waals surface area (Å²) >= 11 is 7.62. The Bertz CT molecular complexity index is 248. The molecule has 0 unspecified atom stereocenters. The minimum atomic E-state index is 0.542. The molecule has 0 aliphatic rings. The van der Waals surface area contributed by atoms with Gasteiger partial charge >= 0.3 is 0 Å². The number of nitrogens with one attached hydrogen (secondary N) is 1. The average Bonchev–Trinajstić information content (AvgIpc) is 2.16. The van der Waals surface area contributed by atoms with Crippen LogP contribution in [0.3, 0.4) is 0 Å². The SMILES string of the molecule is CN[C@@H](C)CSc1ccc(Cl)cc1. The Kier molecular flexibility index (Phi) is 4.64. The third-order valence-electron chi connectivity index (χ3n) is 1.81. The predicted octanol–water partition coefficient (Wildman–Crippen LogP) is 3.04. The van der Waals surface area contributed by atoms with Crippen LogP contribution in [0.5, 0.6) is 0 Å². The van der Waals surface area contributed by atoms with Gasteiger partial charge in [0.25, 0.3) is 0 Å². The standard InChI is InChI=1S/C10H14ClNS/c1-8(12-2)7-13-10-5-3-9(11)4-6-10/h3-6,8,12H,7H2,1-2H3/t8-/m0/s1. The zero-order chi connectivity index (χ0) is 9.68. The fourth-order valence-electron chi connectivity index (χ4n) is 0.835. The van der Waals surface area contributed by atoms with Gasteiger partial charge in [-0.15, -0.1) is 11.8 Å². The highest BCUT2D eigenvalue weighted by Crippen LogP contribution is 2.20. The summed E-state index contributed by atoms with van der Waals surface area (Å²) in [6, 6.07) is 8.49. The van der Waals surface area contributed by atoms with Crippen LogP contribution >= 0.6 is 23.4 Å². The quantitative estimate of drug-likeness (QED) is 0.775. The van der Waals surface area contributed by atoms with Gasteiger partial charge in [0, 0.05) is 21.7 Å². The van der Waals surface area contributed by atoms with E-state index in [4.69, 9.17) is 11.6 Å². The van der Waals surface area contributed by atoms with Gasteiger partial charge in [-0.05, 0) is 38.2 Å². The van der Waals surface area contributed by atoms with Crippen LogP contribution < -0.4 is 5.32 Å². The highest BCUT2D eigenvalue weighted by Gasteiger charge is 1.99. The lowest BCUT2D eigenvalue weighted by atomic mass is 10.4. The molecule has 1 nitrogen and oxygen atoms in total. The minimum Gasteiger partial charge on any atom is -0.316 e. The van der Waals surface area contributed by atoms with Crippen LogP contribution in [0.2, 0.25) is 5.02 Å². The molecule has 0 amide bonds. The van der Waals surface area contributed by atoms with Crippen LogP contribution in [0, 0.1) is 0 Å². The molecule has 1 rings (SSSR count). The van der Waals surface area contributed by atoms with Crippen LogP contribution in [-0.4, -0.2) is 18.8 Å². The van der Waals surface area contributed by atoms with Crippen molar-refractivity contribution < 1.29 is 0 Å². The van der Waals surface area contributed by atoms with Crippen LogP contribution in [-0.2, 0) is 0 Å². The lowest BCUT2D eigenvalue weighted by Gasteiger charge is -2.08. The summed E-state index contributed by atoms with van der Waals surface area (Å²) in [6.07, 6.45) is 0. The molecule has 0 saturated carbocycles. The Labute approximate surface area is 88.9 Å². The van der Waals surface area contributed by atoms with Gasteiger partial charge in [-0.25, -0.2) is 0 Å². The molecule has 13 heavy (non-hydrogen) atoms. The van der Waals surface area contributed by atoms with E-state index >= 15 is 0 Å². The number of rotatable bonds is 4. The predicted molar refractivity (Wildman–Crippen MR) is 60.7 cm³/mol. The van der Waals surface area contributed by atoms with E-state index in [0.29, 0.717) is 6.04 Å². The molecule has 0 spiro atoms. The fraction of sp³-hybridized carbons (Fsp3) is 0.400. The summed E-state index contributed by atoms with van der Waals surface area (Å²) in [5.41, 5.74) is 0. The normalized spacial score (nSPS) is 12.8. The molecule has 0 aromatic heterocycles. The number of halogens is 1. The molecular formula is C10H14ClNS. The second-order valence-corrected chi connectivity index (χ2v) is 4.48. The van der Waals surface area contributed by atoms with Crippen molar-refractivity contribution in [1.82, 2.24) is 5.32 Å². The first kappa shape index (κ1) is 10.9. The van der Waals surface area contributed by atoms with Gasteiger partial charge in [0.15, 0.2) is 0 Å². The summed E-state index contributed by atoms with van der Waals surface area (Å²) in [6.45, 7) is 2.17. The molecule has 3 heteroatoms. The molecule has 1 aromatic rings. The minimum absolute atomic E-state index is 0.542. The van der Waals surface area contributed by atoms with E-state index in [2.05, 4.69) is 24.4 Å². The topological polar surface area (TPSA) is 12.0 Å². The lowest BCUT2D eigenvalue weighted by Crippen LogP contribution is -2.23. The first-order valence-electron chi connectivity index (χ1n) is 4.28. The van der Waals surface area contributed by atoms with Gasteiger partial charge < -0.3 is 5.32 Å². The van der Waals surface area contributed by atoms with Crippen molar-refractivity contribution in [2.24, 2.45) is 0 Å². The molecule has 0 radical (unpaired) electrons. The molecular weight excluding hydrogens is 202 g/mol. The molecule has 1 aromatic carbocycles. The van der Waals surface area contributed by atoms with Crippen molar-refractivity contribution in [3.05, 3.63) is 29.3 Å². The van der Waals surface area contributed by atoms with Crippen molar-refractivity contribution in [3.63, 3.8) is 0 Å². The highest BCUT2D eigenvalue weighted by atomic mass is 35.5. The zero-order valence-electron chi connectivity index (χ0n) is 7.88. The van der Waals surface area contributed by atoms with E-state index in [0.717, 1.165) is 10.8 Å². The summed E-state index contributed by atoms with van der Waals surface area (Å²) in [4.78, 5) is 1.27. The van der Waals surface area contributed by atoms with E-state index in [-0.39, 0.29) is 0 Å². The number of benzene rings is 1. The third-order valence-corrected chi connectivity index (χ3v) is 3.33. The van der Waals surface area contributed by atoms with Crippen LogP contribution in [0.15, 0.2) is 29.2 Å². The highest BCUT2D eigenvalue weighted by molar-refractivity contribution is 7.99. The summed E-state index contributed by atoms with van der Waals surface area (Å²) in [5, 5.41) is 4.00. The number of thioether (sulfide) groups is 1. The molecule has 1 N–H and O–H groups in total. The summed E-state index contributed by atoms with van der Waals surface area (Å²) < 4.78 is 0. The monoisotopic (exact) mass is 215 g/mol. The Morgan fingerprint density at radius 3 is 2.54 bits per heavy atom. The fourth-order valence-corrected chi connectivity index (χ4v) is 1.90. The van der Waals surface area contributed by atoms with E-state index in [1.54, 1.807) is 0 Å². The Balaban J connectivity index is 2.41. The van der Waals surface area contributed by atoms with Gasteiger partial charge in [-0.3, -0.25) is 0 Å². The smallest absolute Gasteiger partial charge is 0.0406 e. The second kappa shape index (κ2) is 5.53. The van der Waals surface area contributed by atoms with E-state index in [1.807, 2.05) is 30.9 Å². The number of hydrogen-bond donors (Lipinski definition) is 1. The zero-order valence-corrected chi connectivity index (χ0v) is 9.45. The Hall–Kier alpha value is -0.180. The average molecular weight is 216 g/mol. The van der Waals surface area contributed by atoms with Crippen molar-refractivity contribution in [3.8, 4) is 0 Å². The maximum Gasteiger partial charge on any atom is 0.0406 e. The van der Waals surface area contributed by atoms with Crippen molar-refractivity contribution in [2.75, 3.05) is 12.8 Å². The first-order chi connectivity index (χ1) is 6.22. The third kappa shape index (κ3) is 4.03. The molecule has 72 valence electrons. The summed E-state index contributed by atoms with van der Waals surface area (Å²) in [7, 11) is 1.98. The van der Waals surface area contributed by atoms with E-state index < -0.39 is 0 Å². The van der Waals surface area contributed by atoms with Gasteiger partial charge in [0.2, 0.25) is 0 Å². The van der Waals surface area contributed by atoms with Crippen molar-refractivity contribution in [1.29, 1.82) is 0 Å². The van der Waals surface area contributed by atoms with Crippen molar-refractivity contribution >= 4 is 23.4 Å². The second-order valence-electron chi connectivity index (χ2n) is 2.95.